The minimum absolute atomic E-state index is 0.0458. The van der Waals surface area contributed by atoms with E-state index in [0.717, 1.165) is 25.7 Å². The lowest BCUT2D eigenvalue weighted by Gasteiger charge is -2.38. The molecule has 7 nitrogen and oxygen atoms in total. The van der Waals surface area contributed by atoms with Crippen LogP contribution < -0.4 is 20.9 Å². The molecule has 2 fully saturated rings. The van der Waals surface area contributed by atoms with Crippen molar-refractivity contribution in [2.75, 3.05) is 6.61 Å². The Balaban J connectivity index is 0.000000196. The van der Waals surface area contributed by atoms with Crippen molar-refractivity contribution < 1.29 is 33.3 Å². The van der Waals surface area contributed by atoms with E-state index in [9.17, 15) is 23.8 Å². The molecule has 0 heterocycles. The Morgan fingerprint density at radius 2 is 1.46 bits per heavy atom. The van der Waals surface area contributed by atoms with Gasteiger partial charge in [0.25, 0.3) is 0 Å². The van der Waals surface area contributed by atoms with Crippen LogP contribution in [0.1, 0.15) is 51.4 Å². The van der Waals surface area contributed by atoms with Crippen molar-refractivity contribution in [3.8, 4) is 11.5 Å². The fraction of sp³-hybridized carbons (Fsp3) is 0.500. The minimum Gasteiger partial charge on any atom is -0.485 e. The van der Waals surface area contributed by atoms with E-state index < -0.39 is 23.0 Å². The molecule has 0 radical (unpaired) electrons. The number of carboxylic acids is 1. The quantitative estimate of drug-likeness (QED) is 0.483. The number of aliphatic hydroxyl groups is 1. The molecule has 0 amide bonds. The van der Waals surface area contributed by atoms with Crippen molar-refractivity contribution in [2.24, 2.45) is 11.5 Å². The first kappa shape index (κ1) is 26.8. The van der Waals surface area contributed by atoms with Crippen LogP contribution in [0.4, 0.5) is 8.78 Å². The number of carboxylic acid groups (broad SMARTS) is 1. The molecule has 0 spiro atoms. The first-order valence-corrected chi connectivity index (χ1v) is 11.9. The van der Waals surface area contributed by atoms with Crippen molar-refractivity contribution in [1.29, 1.82) is 0 Å². The number of halogens is 2. The molecule has 192 valence electrons. The largest absolute Gasteiger partial charge is 0.485 e. The van der Waals surface area contributed by atoms with E-state index in [0.29, 0.717) is 25.0 Å². The molecule has 4 rings (SSSR count). The molecule has 2 aromatic rings. The molecule has 0 saturated heterocycles. The van der Waals surface area contributed by atoms with Crippen LogP contribution in [0, 0.1) is 11.6 Å². The molecule has 2 aromatic carbocycles. The molecule has 9 heteroatoms. The number of nitrogens with two attached hydrogens (primary N) is 2. The van der Waals surface area contributed by atoms with Gasteiger partial charge in [-0.05, 0) is 62.8 Å². The molecular weight excluding hydrogens is 458 g/mol. The summed E-state index contributed by atoms with van der Waals surface area (Å²) < 4.78 is 37.4. The fourth-order valence-electron chi connectivity index (χ4n) is 4.78. The van der Waals surface area contributed by atoms with Crippen molar-refractivity contribution in [1.82, 2.24) is 0 Å². The van der Waals surface area contributed by atoms with Crippen LogP contribution in [0.15, 0.2) is 48.5 Å². The third-order valence-electron chi connectivity index (χ3n) is 6.51. The van der Waals surface area contributed by atoms with Crippen LogP contribution in [-0.4, -0.2) is 46.1 Å². The number of rotatable bonds is 6. The SMILES string of the molecule is NC1CCCC(CO)(Oc2cccc(F)c2)C1.NC1CCCC(Oc2cccc(F)c2)(C(=O)O)C1. The third-order valence-corrected chi connectivity index (χ3v) is 6.51. The zero-order valence-corrected chi connectivity index (χ0v) is 19.7. The van der Waals surface area contributed by atoms with E-state index in [1.54, 1.807) is 18.2 Å². The van der Waals surface area contributed by atoms with Gasteiger partial charge in [-0.2, -0.15) is 0 Å². The number of aliphatic hydroxyl groups excluding tert-OH is 1. The normalized spacial score (nSPS) is 28.4. The molecule has 0 aromatic heterocycles. The van der Waals surface area contributed by atoms with Crippen LogP contribution in [0.2, 0.25) is 0 Å². The summed E-state index contributed by atoms with van der Waals surface area (Å²) in [5.41, 5.74) is 9.74. The van der Waals surface area contributed by atoms with Gasteiger partial charge in [-0.15, -0.1) is 0 Å². The van der Waals surface area contributed by atoms with Gasteiger partial charge in [0.1, 0.15) is 28.7 Å². The molecule has 4 unspecified atom stereocenters. The predicted molar refractivity (Wildman–Crippen MR) is 127 cm³/mol. The minimum atomic E-state index is -1.33. The van der Waals surface area contributed by atoms with Crippen LogP contribution in [0.3, 0.4) is 0 Å². The molecule has 2 saturated carbocycles. The monoisotopic (exact) mass is 492 g/mol. The Hall–Kier alpha value is -2.75. The lowest BCUT2D eigenvalue weighted by molar-refractivity contribution is -0.158. The van der Waals surface area contributed by atoms with E-state index in [4.69, 9.17) is 20.9 Å². The maximum atomic E-state index is 13.1. The molecule has 2 aliphatic rings. The predicted octanol–water partition coefficient (Wildman–Crippen LogP) is 3.77. The second-order valence-electron chi connectivity index (χ2n) is 9.47. The summed E-state index contributed by atoms with van der Waals surface area (Å²) in [5.74, 6) is -1.15. The summed E-state index contributed by atoms with van der Waals surface area (Å²) in [5, 5.41) is 18.9. The van der Waals surface area contributed by atoms with Gasteiger partial charge in [-0.1, -0.05) is 12.1 Å². The summed E-state index contributed by atoms with van der Waals surface area (Å²) in [7, 11) is 0. The number of hydrogen-bond acceptors (Lipinski definition) is 6. The third kappa shape index (κ3) is 7.37. The summed E-state index contributed by atoms with van der Waals surface area (Å²) in [6, 6.07) is 11.4. The van der Waals surface area contributed by atoms with Crippen LogP contribution in [0.25, 0.3) is 0 Å². The van der Waals surface area contributed by atoms with Gasteiger partial charge in [0.15, 0.2) is 0 Å². The first-order chi connectivity index (χ1) is 16.7. The maximum absolute atomic E-state index is 13.1. The van der Waals surface area contributed by atoms with Gasteiger partial charge in [0.05, 0.1) is 6.61 Å². The van der Waals surface area contributed by atoms with Crippen molar-refractivity contribution in [3.05, 3.63) is 60.2 Å². The topological polar surface area (TPSA) is 128 Å². The Morgan fingerprint density at radius 3 is 1.94 bits per heavy atom. The van der Waals surface area contributed by atoms with E-state index in [1.807, 2.05) is 0 Å². The fourth-order valence-corrected chi connectivity index (χ4v) is 4.78. The highest BCUT2D eigenvalue weighted by molar-refractivity contribution is 5.78. The van der Waals surface area contributed by atoms with Crippen LogP contribution >= 0.6 is 0 Å². The van der Waals surface area contributed by atoms with E-state index in [-0.39, 0.29) is 36.7 Å². The van der Waals surface area contributed by atoms with Crippen molar-refractivity contribution >= 4 is 5.97 Å². The van der Waals surface area contributed by atoms with E-state index in [2.05, 4.69) is 0 Å². The summed E-state index contributed by atoms with van der Waals surface area (Å²) >= 11 is 0. The number of aliphatic carboxylic acids is 1. The van der Waals surface area contributed by atoms with Gasteiger partial charge in [0, 0.05) is 37.1 Å². The zero-order chi connectivity index (χ0) is 25.5. The van der Waals surface area contributed by atoms with Crippen molar-refractivity contribution in [2.45, 2.75) is 74.7 Å². The smallest absolute Gasteiger partial charge is 0.348 e. The Bertz CT molecular complexity index is 994. The second-order valence-corrected chi connectivity index (χ2v) is 9.47. The number of ether oxygens (including phenoxy) is 2. The summed E-state index contributed by atoms with van der Waals surface area (Å²) in [4.78, 5) is 11.4. The Morgan fingerprint density at radius 1 is 0.914 bits per heavy atom. The van der Waals surface area contributed by atoms with Gasteiger partial charge in [-0.25, -0.2) is 13.6 Å². The lowest BCUT2D eigenvalue weighted by atomic mass is 9.82. The Labute approximate surface area is 204 Å². The van der Waals surface area contributed by atoms with Crippen LogP contribution in [-0.2, 0) is 4.79 Å². The summed E-state index contributed by atoms with van der Waals surface area (Å²) in [6.45, 7) is -0.0861. The van der Waals surface area contributed by atoms with Gasteiger partial charge < -0.3 is 31.2 Å². The maximum Gasteiger partial charge on any atom is 0.348 e. The average Bonchev–Trinajstić information content (AvgIpc) is 2.79. The molecule has 0 bridgehead atoms. The molecular formula is C26H34F2N2O5. The van der Waals surface area contributed by atoms with E-state index >= 15 is 0 Å². The molecule has 35 heavy (non-hydrogen) atoms. The molecule has 2 aliphatic carbocycles. The average molecular weight is 493 g/mol. The highest BCUT2D eigenvalue weighted by Gasteiger charge is 2.44. The zero-order valence-electron chi connectivity index (χ0n) is 19.7. The Kier molecular flexibility index (Phi) is 9.04. The van der Waals surface area contributed by atoms with Crippen molar-refractivity contribution in [3.63, 3.8) is 0 Å². The summed E-state index contributed by atoms with van der Waals surface area (Å²) in [6.07, 6.45) is 5.38. The number of hydrogen-bond donors (Lipinski definition) is 4. The molecule has 0 aliphatic heterocycles. The second kappa shape index (κ2) is 11.8. The molecule has 6 N–H and O–H groups in total. The highest BCUT2D eigenvalue weighted by atomic mass is 19.1. The lowest BCUT2D eigenvalue weighted by Crippen LogP contribution is -2.51. The first-order valence-electron chi connectivity index (χ1n) is 11.9. The van der Waals surface area contributed by atoms with Gasteiger partial charge in [0.2, 0.25) is 5.60 Å². The van der Waals surface area contributed by atoms with E-state index in [1.165, 1.54) is 30.3 Å². The number of benzene rings is 2. The van der Waals surface area contributed by atoms with Crippen LogP contribution in [0.5, 0.6) is 11.5 Å². The molecule has 4 atom stereocenters. The van der Waals surface area contributed by atoms with Gasteiger partial charge in [-0.3, -0.25) is 0 Å². The van der Waals surface area contributed by atoms with Gasteiger partial charge >= 0.3 is 5.97 Å². The standard InChI is InChI=1S/C13H16FNO3.C13H18FNO2/c14-9-3-1-5-11(7-9)18-13(12(16)17)6-2-4-10(15)8-13;14-10-3-1-5-12(7-10)17-13(9-16)6-2-4-11(15)8-13/h1,3,5,7,10H,2,4,6,8,15H2,(H,16,17);1,3,5,7,11,16H,2,4,6,8-9,15H2. The highest BCUT2D eigenvalue weighted by Crippen LogP contribution is 2.34. The number of carbonyl (C=O) groups is 1.